The standard InChI is InChI=1S/C16H19F4NO4/c1-15(2,3)24-13(22)8(14(23)25-16(4,5)6)7-9(17)11(19)21-12(20)10(7)18/h8H,1-6H3. The van der Waals surface area contributed by atoms with Crippen molar-refractivity contribution in [1.82, 2.24) is 4.98 Å². The predicted octanol–water partition coefficient (Wildman–Crippen LogP) is 3.41. The molecule has 0 atom stereocenters. The SMILES string of the molecule is CC(C)(C)OC(=O)C(C(=O)OC(C)(C)C)c1c(F)c(F)nc(F)c1F. The summed E-state index contributed by atoms with van der Waals surface area (Å²) in [5, 5.41) is 0. The van der Waals surface area contributed by atoms with Gasteiger partial charge in [0.15, 0.2) is 17.6 Å². The number of carbonyl (C=O) groups excluding carboxylic acids is 2. The Morgan fingerprint density at radius 2 is 1.12 bits per heavy atom. The van der Waals surface area contributed by atoms with Crippen molar-refractivity contribution in [2.45, 2.75) is 58.7 Å². The number of halogens is 4. The van der Waals surface area contributed by atoms with Gasteiger partial charge in [-0.2, -0.15) is 13.8 Å². The third kappa shape index (κ3) is 5.40. The average Bonchev–Trinajstić information content (AvgIpc) is 2.36. The van der Waals surface area contributed by atoms with Crippen molar-refractivity contribution in [3.8, 4) is 0 Å². The second-order valence-electron chi connectivity index (χ2n) is 7.24. The van der Waals surface area contributed by atoms with E-state index in [1.165, 1.54) is 41.5 Å². The zero-order valence-corrected chi connectivity index (χ0v) is 14.7. The molecule has 0 saturated carbocycles. The van der Waals surface area contributed by atoms with Crippen molar-refractivity contribution in [3.05, 3.63) is 29.1 Å². The van der Waals surface area contributed by atoms with Crippen molar-refractivity contribution >= 4 is 11.9 Å². The Hall–Kier alpha value is -2.19. The van der Waals surface area contributed by atoms with E-state index in [1.807, 2.05) is 0 Å². The summed E-state index contributed by atoms with van der Waals surface area (Å²) in [7, 11) is 0. The molecule has 5 nitrogen and oxygen atoms in total. The largest absolute Gasteiger partial charge is 0.459 e. The summed E-state index contributed by atoms with van der Waals surface area (Å²) in [6, 6.07) is 0. The summed E-state index contributed by atoms with van der Waals surface area (Å²) in [5.41, 5.74) is -3.71. The lowest BCUT2D eigenvalue weighted by Crippen LogP contribution is -2.36. The zero-order chi connectivity index (χ0) is 19.7. The number of rotatable bonds is 3. The van der Waals surface area contributed by atoms with Gasteiger partial charge in [-0.15, -0.1) is 0 Å². The Bertz CT molecular complexity index is 639. The molecule has 1 aromatic heterocycles. The van der Waals surface area contributed by atoms with E-state index < -0.39 is 58.2 Å². The molecule has 0 saturated heterocycles. The summed E-state index contributed by atoms with van der Waals surface area (Å²) in [6.07, 6.45) is 0. The van der Waals surface area contributed by atoms with Crippen LogP contribution in [0.3, 0.4) is 0 Å². The first kappa shape index (κ1) is 20.9. The van der Waals surface area contributed by atoms with Gasteiger partial charge in [0, 0.05) is 0 Å². The van der Waals surface area contributed by atoms with Crippen LogP contribution in [0, 0.1) is 23.5 Å². The van der Waals surface area contributed by atoms with E-state index in [9.17, 15) is 27.2 Å². The molecular weight excluding hydrogens is 346 g/mol. The summed E-state index contributed by atoms with van der Waals surface area (Å²) in [5.74, 6) is -13.1. The van der Waals surface area contributed by atoms with Gasteiger partial charge in [-0.3, -0.25) is 9.59 Å². The quantitative estimate of drug-likeness (QED) is 0.355. The van der Waals surface area contributed by atoms with Crippen LogP contribution in [-0.2, 0) is 19.1 Å². The zero-order valence-electron chi connectivity index (χ0n) is 14.7. The highest BCUT2D eigenvalue weighted by Gasteiger charge is 2.42. The van der Waals surface area contributed by atoms with Gasteiger partial charge in [0.25, 0.3) is 11.9 Å². The lowest BCUT2D eigenvalue weighted by atomic mass is 9.98. The lowest BCUT2D eigenvalue weighted by molar-refractivity contribution is -0.169. The minimum Gasteiger partial charge on any atom is -0.459 e. The minimum atomic E-state index is -2.36. The molecule has 140 valence electrons. The van der Waals surface area contributed by atoms with Crippen LogP contribution in [0.4, 0.5) is 17.6 Å². The van der Waals surface area contributed by atoms with Gasteiger partial charge in [-0.1, -0.05) is 0 Å². The van der Waals surface area contributed by atoms with E-state index in [-0.39, 0.29) is 0 Å². The minimum absolute atomic E-state index is 1.13. The normalized spacial score (nSPS) is 12.3. The van der Waals surface area contributed by atoms with Gasteiger partial charge in [-0.25, -0.2) is 8.78 Å². The predicted molar refractivity (Wildman–Crippen MR) is 78.5 cm³/mol. The van der Waals surface area contributed by atoms with Crippen molar-refractivity contribution in [1.29, 1.82) is 0 Å². The van der Waals surface area contributed by atoms with Crippen molar-refractivity contribution < 1.29 is 36.6 Å². The highest BCUT2D eigenvalue weighted by molar-refractivity contribution is 6.01. The van der Waals surface area contributed by atoms with Crippen LogP contribution < -0.4 is 0 Å². The molecule has 25 heavy (non-hydrogen) atoms. The number of aromatic nitrogens is 1. The van der Waals surface area contributed by atoms with Crippen LogP contribution in [0.2, 0.25) is 0 Å². The number of hydrogen-bond acceptors (Lipinski definition) is 5. The molecule has 0 spiro atoms. The number of nitrogens with zero attached hydrogens (tertiary/aromatic N) is 1. The summed E-state index contributed by atoms with van der Waals surface area (Å²) < 4.78 is 64.7. The van der Waals surface area contributed by atoms with E-state index in [1.54, 1.807) is 0 Å². The van der Waals surface area contributed by atoms with Crippen LogP contribution >= 0.6 is 0 Å². The molecule has 0 unspecified atom stereocenters. The molecule has 0 N–H and O–H groups in total. The van der Waals surface area contributed by atoms with Crippen molar-refractivity contribution in [2.24, 2.45) is 0 Å². The smallest absolute Gasteiger partial charge is 0.325 e. The van der Waals surface area contributed by atoms with Gasteiger partial charge in [0.1, 0.15) is 11.2 Å². The molecule has 9 heteroatoms. The maximum atomic E-state index is 14.0. The highest BCUT2D eigenvalue weighted by Crippen LogP contribution is 2.30. The van der Waals surface area contributed by atoms with Crippen molar-refractivity contribution in [2.75, 3.05) is 0 Å². The highest BCUT2D eigenvalue weighted by atomic mass is 19.2. The Morgan fingerprint density at radius 3 is 1.40 bits per heavy atom. The molecule has 1 heterocycles. The molecule has 1 rings (SSSR count). The van der Waals surface area contributed by atoms with E-state index in [0.29, 0.717) is 0 Å². The first-order chi connectivity index (χ1) is 11.1. The van der Waals surface area contributed by atoms with Crippen LogP contribution in [0.1, 0.15) is 53.0 Å². The number of esters is 2. The fourth-order valence-electron chi connectivity index (χ4n) is 1.81. The Morgan fingerprint density at radius 1 is 0.800 bits per heavy atom. The summed E-state index contributed by atoms with van der Waals surface area (Å²) in [4.78, 5) is 27.0. The Kier molecular flexibility index (Phi) is 5.81. The van der Waals surface area contributed by atoms with Gasteiger partial charge in [0.05, 0.1) is 5.56 Å². The molecule has 0 radical (unpaired) electrons. The van der Waals surface area contributed by atoms with Crippen LogP contribution in [-0.4, -0.2) is 28.1 Å². The second kappa shape index (κ2) is 6.97. The third-order valence-corrected chi connectivity index (χ3v) is 2.61. The molecule has 0 aliphatic carbocycles. The molecule has 0 amide bonds. The van der Waals surface area contributed by atoms with E-state index >= 15 is 0 Å². The first-order valence-corrected chi connectivity index (χ1v) is 7.29. The molecule has 0 fully saturated rings. The van der Waals surface area contributed by atoms with Gasteiger partial charge in [-0.05, 0) is 41.5 Å². The Labute approximate surface area is 142 Å². The number of carbonyl (C=O) groups is 2. The van der Waals surface area contributed by atoms with Crippen LogP contribution in [0.25, 0.3) is 0 Å². The number of pyridine rings is 1. The number of ether oxygens (including phenoxy) is 2. The average molecular weight is 365 g/mol. The monoisotopic (exact) mass is 365 g/mol. The summed E-state index contributed by atoms with van der Waals surface area (Å²) in [6.45, 7) is 8.65. The molecule has 1 aromatic rings. The second-order valence-corrected chi connectivity index (χ2v) is 7.24. The first-order valence-electron chi connectivity index (χ1n) is 7.29. The maximum absolute atomic E-state index is 14.0. The molecule has 0 aliphatic rings. The molecule has 0 aromatic carbocycles. The molecule has 0 aliphatic heterocycles. The van der Waals surface area contributed by atoms with Gasteiger partial charge >= 0.3 is 11.9 Å². The van der Waals surface area contributed by atoms with E-state index in [4.69, 9.17) is 9.47 Å². The van der Waals surface area contributed by atoms with Crippen molar-refractivity contribution in [3.63, 3.8) is 0 Å². The van der Waals surface area contributed by atoms with E-state index in [2.05, 4.69) is 4.98 Å². The number of hydrogen-bond donors (Lipinski definition) is 0. The molecule has 0 bridgehead atoms. The van der Waals surface area contributed by atoms with Crippen LogP contribution in [0.15, 0.2) is 0 Å². The summed E-state index contributed by atoms with van der Waals surface area (Å²) >= 11 is 0. The van der Waals surface area contributed by atoms with E-state index in [0.717, 1.165) is 0 Å². The molecular formula is C16H19F4NO4. The maximum Gasteiger partial charge on any atom is 0.325 e. The fourth-order valence-corrected chi connectivity index (χ4v) is 1.81. The topological polar surface area (TPSA) is 65.5 Å². The van der Waals surface area contributed by atoms with Gasteiger partial charge in [0.2, 0.25) is 0 Å². The lowest BCUT2D eigenvalue weighted by Gasteiger charge is -2.26. The van der Waals surface area contributed by atoms with Gasteiger partial charge < -0.3 is 9.47 Å². The fraction of sp³-hybridized carbons (Fsp3) is 0.562. The third-order valence-electron chi connectivity index (χ3n) is 2.61. The van der Waals surface area contributed by atoms with Crippen LogP contribution in [0.5, 0.6) is 0 Å². The Balaban J connectivity index is 3.53.